The molecule has 1 heterocycles. The van der Waals surface area contributed by atoms with Crippen LogP contribution >= 0.6 is 0 Å². The highest BCUT2D eigenvalue weighted by molar-refractivity contribution is 5.08. The third kappa shape index (κ3) is 5.75. The number of nitrogens with one attached hydrogen (secondary N) is 1. The Morgan fingerprint density at radius 1 is 1.35 bits per heavy atom. The van der Waals surface area contributed by atoms with E-state index in [4.69, 9.17) is 4.74 Å². The van der Waals surface area contributed by atoms with Crippen LogP contribution in [0.5, 0.6) is 0 Å². The summed E-state index contributed by atoms with van der Waals surface area (Å²) < 4.78 is 17.7. The van der Waals surface area contributed by atoms with Crippen molar-refractivity contribution in [1.82, 2.24) is 10.3 Å². The molecular weight excluding hydrogens is 219 g/mol. The zero-order valence-corrected chi connectivity index (χ0v) is 10.6. The van der Waals surface area contributed by atoms with Gasteiger partial charge in [-0.25, -0.2) is 4.39 Å². The van der Waals surface area contributed by atoms with Gasteiger partial charge in [0.1, 0.15) is 5.82 Å². The summed E-state index contributed by atoms with van der Waals surface area (Å²) in [6, 6.07) is 3.33. The van der Waals surface area contributed by atoms with E-state index in [0.29, 0.717) is 0 Å². The zero-order chi connectivity index (χ0) is 12.5. The van der Waals surface area contributed by atoms with Crippen LogP contribution < -0.4 is 5.32 Å². The monoisotopic (exact) mass is 240 g/mol. The molecule has 3 nitrogen and oxygen atoms in total. The van der Waals surface area contributed by atoms with Gasteiger partial charge in [-0.3, -0.25) is 4.98 Å². The fourth-order valence-electron chi connectivity index (χ4n) is 1.61. The number of rotatable bonds is 8. The summed E-state index contributed by atoms with van der Waals surface area (Å²) in [4.78, 5) is 4.05. The number of ether oxygens (including phenoxy) is 1. The number of unbranched alkanes of at least 4 members (excludes halogenated alkanes) is 2. The Morgan fingerprint density at radius 3 is 2.82 bits per heavy atom. The second kappa shape index (κ2) is 8.14. The standard InChI is InChI=1S/C13H21FN2O/c1-11(13-7-6-12(14)10-16-13)15-8-4-3-5-9-17-2/h6-7,10-11,15H,3-5,8-9H2,1-2H3. The molecule has 0 radical (unpaired) electrons. The fourth-order valence-corrected chi connectivity index (χ4v) is 1.61. The normalized spacial score (nSPS) is 12.6. The third-order valence-corrected chi connectivity index (χ3v) is 2.67. The summed E-state index contributed by atoms with van der Waals surface area (Å²) in [5.74, 6) is -0.291. The highest BCUT2D eigenvalue weighted by Crippen LogP contribution is 2.09. The quantitative estimate of drug-likeness (QED) is 0.709. The molecular formula is C13H21FN2O. The first-order chi connectivity index (χ1) is 8.24. The number of hydrogen-bond donors (Lipinski definition) is 1. The molecule has 1 unspecified atom stereocenters. The summed E-state index contributed by atoms with van der Waals surface area (Å²) >= 11 is 0. The van der Waals surface area contributed by atoms with Crippen molar-refractivity contribution in [3.63, 3.8) is 0 Å². The van der Waals surface area contributed by atoms with Crippen molar-refractivity contribution in [3.05, 3.63) is 29.8 Å². The Labute approximate surface area is 102 Å². The Balaban J connectivity index is 2.16. The van der Waals surface area contributed by atoms with Crippen molar-refractivity contribution in [2.24, 2.45) is 0 Å². The molecule has 96 valence electrons. The lowest BCUT2D eigenvalue weighted by atomic mass is 10.2. The minimum absolute atomic E-state index is 0.165. The average Bonchev–Trinajstić information content (AvgIpc) is 2.34. The summed E-state index contributed by atoms with van der Waals surface area (Å²) in [7, 11) is 1.72. The molecule has 0 aliphatic rings. The first-order valence-electron chi connectivity index (χ1n) is 6.08. The van der Waals surface area contributed by atoms with Gasteiger partial charge in [0.15, 0.2) is 0 Å². The molecule has 0 aliphatic heterocycles. The van der Waals surface area contributed by atoms with Crippen molar-refractivity contribution in [1.29, 1.82) is 0 Å². The van der Waals surface area contributed by atoms with Crippen molar-refractivity contribution in [2.75, 3.05) is 20.3 Å². The largest absolute Gasteiger partial charge is 0.385 e. The molecule has 0 fully saturated rings. The van der Waals surface area contributed by atoms with Crippen LogP contribution in [0.4, 0.5) is 4.39 Å². The lowest BCUT2D eigenvalue weighted by molar-refractivity contribution is 0.192. The third-order valence-electron chi connectivity index (χ3n) is 2.67. The summed E-state index contributed by atoms with van der Waals surface area (Å²) in [5, 5.41) is 3.37. The van der Waals surface area contributed by atoms with Crippen molar-refractivity contribution in [3.8, 4) is 0 Å². The molecule has 17 heavy (non-hydrogen) atoms. The molecule has 0 saturated carbocycles. The van der Waals surface area contributed by atoms with E-state index in [-0.39, 0.29) is 11.9 Å². The van der Waals surface area contributed by atoms with Crippen LogP contribution in [0.15, 0.2) is 18.3 Å². The van der Waals surface area contributed by atoms with Gasteiger partial charge < -0.3 is 10.1 Å². The Hall–Kier alpha value is -1.00. The first-order valence-corrected chi connectivity index (χ1v) is 6.08. The minimum atomic E-state index is -0.291. The number of methoxy groups -OCH3 is 1. The summed E-state index contributed by atoms with van der Waals surface area (Å²) in [6.45, 7) is 3.81. The first kappa shape index (κ1) is 14.1. The van der Waals surface area contributed by atoms with Crippen LogP contribution in [0.1, 0.15) is 37.9 Å². The van der Waals surface area contributed by atoms with Crippen LogP contribution in [0.2, 0.25) is 0 Å². The van der Waals surface area contributed by atoms with Crippen LogP contribution in [-0.2, 0) is 4.74 Å². The number of aromatic nitrogens is 1. The second-order valence-electron chi connectivity index (χ2n) is 4.13. The van der Waals surface area contributed by atoms with Crippen molar-refractivity contribution >= 4 is 0 Å². The van der Waals surface area contributed by atoms with E-state index in [9.17, 15) is 4.39 Å². The van der Waals surface area contributed by atoms with Gasteiger partial charge in [-0.2, -0.15) is 0 Å². The van der Waals surface area contributed by atoms with Gasteiger partial charge in [0, 0.05) is 19.8 Å². The molecule has 0 amide bonds. The van der Waals surface area contributed by atoms with Gasteiger partial charge in [-0.15, -0.1) is 0 Å². The highest BCUT2D eigenvalue weighted by Gasteiger charge is 2.05. The molecule has 1 aromatic heterocycles. The minimum Gasteiger partial charge on any atom is -0.385 e. The highest BCUT2D eigenvalue weighted by atomic mass is 19.1. The molecule has 1 atom stereocenters. The summed E-state index contributed by atoms with van der Waals surface area (Å²) in [6.07, 6.45) is 4.63. The molecule has 1 rings (SSSR count). The maximum absolute atomic E-state index is 12.7. The fraction of sp³-hybridized carbons (Fsp3) is 0.615. The van der Waals surface area contributed by atoms with Gasteiger partial charge in [-0.05, 0) is 44.9 Å². The molecule has 0 saturated heterocycles. The van der Waals surface area contributed by atoms with E-state index in [0.717, 1.165) is 38.1 Å². The van der Waals surface area contributed by atoms with E-state index in [1.54, 1.807) is 13.2 Å². The summed E-state index contributed by atoms with van der Waals surface area (Å²) in [5.41, 5.74) is 0.878. The van der Waals surface area contributed by atoms with E-state index >= 15 is 0 Å². The molecule has 1 aromatic rings. The lowest BCUT2D eigenvalue weighted by Crippen LogP contribution is -2.20. The molecule has 1 N–H and O–H groups in total. The van der Waals surface area contributed by atoms with Gasteiger partial charge in [0.25, 0.3) is 0 Å². The van der Waals surface area contributed by atoms with Crippen LogP contribution in [0.25, 0.3) is 0 Å². The molecule has 4 heteroatoms. The van der Waals surface area contributed by atoms with Gasteiger partial charge in [0.05, 0.1) is 11.9 Å². The second-order valence-corrected chi connectivity index (χ2v) is 4.13. The van der Waals surface area contributed by atoms with Gasteiger partial charge in [0.2, 0.25) is 0 Å². The smallest absolute Gasteiger partial charge is 0.141 e. The van der Waals surface area contributed by atoms with Crippen LogP contribution in [0.3, 0.4) is 0 Å². The molecule has 0 aromatic carbocycles. The van der Waals surface area contributed by atoms with E-state index < -0.39 is 0 Å². The number of nitrogens with zero attached hydrogens (tertiary/aromatic N) is 1. The van der Waals surface area contributed by atoms with Gasteiger partial charge in [-0.1, -0.05) is 0 Å². The van der Waals surface area contributed by atoms with E-state index in [1.165, 1.54) is 12.3 Å². The van der Waals surface area contributed by atoms with Gasteiger partial charge >= 0.3 is 0 Å². The predicted octanol–water partition coefficient (Wildman–Crippen LogP) is 2.69. The maximum Gasteiger partial charge on any atom is 0.141 e. The zero-order valence-electron chi connectivity index (χ0n) is 10.6. The predicted molar refractivity (Wildman–Crippen MR) is 66.3 cm³/mol. The maximum atomic E-state index is 12.7. The Bertz CT molecular complexity index is 303. The number of pyridine rings is 1. The Kier molecular flexibility index (Phi) is 6.74. The topological polar surface area (TPSA) is 34.1 Å². The van der Waals surface area contributed by atoms with Crippen LogP contribution in [-0.4, -0.2) is 25.2 Å². The SMILES string of the molecule is COCCCCCNC(C)c1ccc(F)cn1. The van der Waals surface area contributed by atoms with Crippen LogP contribution in [0, 0.1) is 5.82 Å². The van der Waals surface area contributed by atoms with E-state index in [1.807, 2.05) is 6.92 Å². The molecule has 0 spiro atoms. The van der Waals surface area contributed by atoms with E-state index in [2.05, 4.69) is 10.3 Å². The number of halogens is 1. The number of hydrogen-bond acceptors (Lipinski definition) is 3. The van der Waals surface area contributed by atoms with Crippen molar-refractivity contribution in [2.45, 2.75) is 32.2 Å². The lowest BCUT2D eigenvalue weighted by Gasteiger charge is -2.12. The Morgan fingerprint density at radius 2 is 2.18 bits per heavy atom. The average molecular weight is 240 g/mol. The van der Waals surface area contributed by atoms with Crippen molar-refractivity contribution < 1.29 is 9.13 Å². The molecule has 0 bridgehead atoms. The molecule has 0 aliphatic carbocycles.